The average Bonchev–Trinajstić information content (AvgIpc) is 2.59. The van der Waals surface area contributed by atoms with Crippen molar-refractivity contribution in [1.29, 1.82) is 0 Å². The van der Waals surface area contributed by atoms with Gasteiger partial charge in [-0.1, -0.05) is 12.1 Å². The second-order valence-corrected chi connectivity index (χ2v) is 5.97. The van der Waals surface area contributed by atoms with Crippen LogP contribution in [0.3, 0.4) is 0 Å². The first-order valence-corrected chi connectivity index (χ1v) is 7.92. The number of piperazine rings is 1. The largest absolute Gasteiger partial charge is 0.322 e. The van der Waals surface area contributed by atoms with Crippen LogP contribution < -0.4 is 5.32 Å². The minimum absolute atomic E-state index is 0.112. The second kappa shape index (κ2) is 7.35. The maximum atomic E-state index is 12.1. The smallest absolute Gasteiger partial charge is 0.255 e. The van der Waals surface area contributed by atoms with Crippen LogP contribution in [0.15, 0.2) is 48.8 Å². The topological polar surface area (TPSA) is 48.5 Å². The zero-order chi connectivity index (χ0) is 16.1. The molecule has 5 nitrogen and oxygen atoms in total. The number of carbonyl (C=O) groups excluding carboxylic acids is 1. The molecule has 0 saturated carbocycles. The number of anilines is 1. The van der Waals surface area contributed by atoms with Crippen molar-refractivity contribution in [2.45, 2.75) is 6.54 Å². The highest BCUT2D eigenvalue weighted by Crippen LogP contribution is 2.13. The third-order valence-corrected chi connectivity index (χ3v) is 4.16. The van der Waals surface area contributed by atoms with Crippen molar-refractivity contribution in [3.05, 3.63) is 59.9 Å². The Morgan fingerprint density at radius 1 is 1.04 bits per heavy atom. The quantitative estimate of drug-likeness (QED) is 0.939. The maximum absolute atomic E-state index is 12.1. The molecule has 3 rings (SSSR count). The minimum Gasteiger partial charge on any atom is -0.322 e. The van der Waals surface area contributed by atoms with E-state index < -0.39 is 0 Å². The lowest BCUT2D eigenvalue weighted by Crippen LogP contribution is -2.43. The molecule has 23 heavy (non-hydrogen) atoms. The zero-order valence-corrected chi connectivity index (χ0v) is 13.4. The summed E-state index contributed by atoms with van der Waals surface area (Å²) in [6.45, 7) is 5.43. The van der Waals surface area contributed by atoms with E-state index in [1.807, 2.05) is 12.1 Å². The first-order valence-electron chi connectivity index (χ1n) is 7.92. The molecule has 0 atom stereocenters. The van der Waals surface area contributed by atoms with Crippen molar-refractivity contribution in [3.63, 3.8) is 0 Å². The van der Waals surface area contributed by atoms with Gasteiger partial charge in [0.05, 0.1) is 0 Å². The van der Waals surface area contributed by atoms with Gasteiger partial charge in [-0.3, -0.25) is 14.7 Å². The van der Waals surface area contributed by atoms with Crippen LogP contribution in [-0.2, 0) is 6.54 Å². The van der Waals surface area contributed by atoms with E-state index in [0.29, 0.717) is 5.56 Å². The molecule has 1 fully saturated rings. The van der Waals surface area contributed by atoms with Gasteiger partial charge in [-0.05, 0) is 36.9 Å². The fraction of sp³-hybridized carbons (Fsp3) is 0.333. The molecular formula is C18H22N4O. The molecule has 1 saturated heterocycles. The number of likely N-dealkylation sites (N-methyl/N-ethyl adjacent to an activating group) is 1. The number of nitrogens with one attached hydrogen (secondary N) is 1. The standard InChI is InChI=1S/C18H22N4O/c1-21-10-12-22(13-11-21)14-15-2-4-17(5-3-15)20-18(23)16-6-8-19-9-7-16/h2-9H,10-14H2,1H3,(H,20,23). The molecule has 2 aromatic rings. The number of benzene rings is 1. The first-order chi connectivity index (χ1) is 11.2. The van der Waals surface area contributed by atoms with E-state index in [1.165, 1.54) is 5.56 Å². The normalized spacial score (nSPS) is 16.2. The Hall–Kier alpha value is -2.24. The van der Waals surface area contributed by atoms with E-state index in [1.54, 1.807) is 24.5 Å². The molecule has 1 N–H and O–H groups in total. The third-order valence-electron chi connectivity index (χ3n) is 4.16. The molecule has 5 heteroatoms. The number of hydrogen-bond donors (Lipinski definition) is 1. The van der Waals surface area contributed by atoms with E-state index in [2.05, 4.69) is 39.3 Å². The van der Waals surface area contributed by atoms with Crippen molar-refractivity contribution in [2.24, 2.45) is 0 Å². The molecule has 1 aliphatic rings. The number of aromatic nitrogens is 1. The summed E-state index contributed by atoms with van der Waals surface area (Å²) in [4.78, 5) is 20.8. The molecule has 0 bridgehead atoms. The lowest BCUT2D eigenvalue weighted by molar-refractivity contribution is 0.102. The number of carbonyl (C=O) groups is 1. The summed E-state index contributed by atoms with van der Waals surface area (Å²) in [6, 6.07) is 11.5. The number of hydrogen-bond acceptors (Lipinski definition) is 4. The third kappa shape index (κ3) is 4.37. The second-order valence-electron chi connectivity index (χ2n) is 5.97. The highest BCUT2D eigenvalue weighted by atomic mass is 16.1. The van der Waals surface area contributed by atoms with Crippen molar-refractivity contribution in [2.75, 3.05) is 38.5 Å². The predicted octanol–water partition coefficient (Wildman–Crippen LogP) is 2.08. The van der Waals surface area contributed by atoms with Crippen LogP contribution in [0.5, 0.6) is 0 Å². The van der Waals surface area contributed by atoms with Crippen LogP contribution in [0.2, 0.25) is 0 Å². The molecule has 1 aromatic carbocycles. The fourth-order valence-corrected chi connectivity index (χ4v) is 2.66. The SMILES string of the molecule is CN1CCN(Cc2ccc(NC(=O)c3ccncc3)cc2)CC1. The summed E-state index contributed by atoms with van der Waals surface area (Å²) in [5, 5.41) is 2.91. The molecule has 2 heterocycles. The van der Waals surface area contributed by atoms with Gasteiger partial charge in [0.15, 0.2) is 0 Å². The van der Waals surface area contributed by atoms with Gasteiger partial charge in [0.25, 0.3) is 5.91 Å². The Morgan fingerprint density at radius 2 is 1.70 bits per heavy atom. The summed E-state index contributed by atoms with van der Waals surface area (Å²) in [5.74, 6) is -0.112. The number of rotatable bonds is 4. The minimum atomic E-state index is -0.112. The maximum Gasteiger partial charge on any atom is 0.255 e. The van der Waals surface area contributed by atoms with E-state index in [0.717, 1.165) is 38.4 Å². The van der Waals surface area contributed by atoms with Crippen LogP contribution in [0, 0.1) is 0 Å². The van der Waals surface area contributed by atoms with Crippen LogP contribution in [0.1, 0.15) is 15.9 Å². The summed E-state index contributed by atoms with van der Waals surface area (Å²) < 4.78 is 0. The van der Waals surface area contributed by atoms with Gasteiger partial charge in [0.2, 0.25) is 0 Å². The van der Waals surface area contributed by atoms with E-state index in [-0.39, 0.29) is 5.91 Å². The number of amides is 1. The van der Waals surface area contributed by atoms with Crippen molar-refractivity contribution >= 4 is 11.6 Å². The Kier molecular flexibility index (Phi) is 5.00. The summed E-state index contributed by atoms with van der Waals surface area (Å²) >= 11 is 0. The molecule has 1 aliphatic heterocycles. The Balaban J connectivity index is 1.56. The molecule has 120 valence electrons. The van der Waals surface area contributed by atoms with E-state index in [9.17, 15) is 4.79 Å². The molecule has 0 aliphatic carbocycles. The lowest BCUT2D eigenvalue weighted by Gasteiger charge is -2.32. The van der Waals surface area contributed by atoms with E-state index >= 15 is 0 Å². The molecule has 1 amide bonds. The number of nitrogens with zero attached hydrogens (tertiary/aromatic N) is 3. The zero-order valence-electron chi connectivity index (χ0n) is 13.4. The lowest BCUT2D eigenvalue weighted by atomic mass is 10.1. The average molecular weight is 310 g/mol. The molecule has 1 aromatic heterocycles. The Bertz CT molecular complexity index is 634. The molecule has 0 radical (unpaired) electrons. The van der Waals surface area contributed by atoms with E-state index in [4.69, 9.17) is 0 Å². The highest BCUT2D eigenvalue weighted by molar-refractivity contribution is 6.04. The monoisotopic (exact) mass is 310 g/mol. The first kappa shape index (κ1) is 15.6. The number of pyridine rings is 1. The van der Waals surface area contributed by atoms with Crippen molar-refractivity contribution in [1.82, 2.24) is 14.8 Å². The summed E-state index contributed by atoms with van der Waals surface area (Å²) in [7, 11) is 2.16. The van der Waals surface area contributed by atoms with Gasteiger partial charge in [-0.2, -0.15) is 0 Å². The molecular weight excluding hydrogens is 288 g/mol. The van der Waals surface area contributed by atoms with Gasteiger partial charge in [0.1, 0.15) is 0 Å². The van der Waals surface area contributed by atoms with Crippen molar-refractivity contribution < 1.29 is 4.79 Å². The van der Waals surface area contributed by atoms with Crippen LogP contribution in [0.4, 0.5) is 5.69 Å². The Labute approximate surface area is 136 Å². The van der Waals surface area contributed by atoms with Gasteiger partial charge in [0, 0.05) is 56.4 Å². The van der Waals surface area contributed by atoms with Gasteiger partial charge < -0.3 is 10.2 Å². The fourth-order valence-electron chi connectivity index (χ4n) is 2.66. The van der Waals surface area contributed by atoms with Crippen LogP contribution >= 0.6 is 0 Å². The van der Waals surface area contributed by atoms with Crippen LogP contribution in [-0.4, -0.2) is 53.9 Å². The highest BCUT2D eigenvalue weighted by Gasteiger charge is 2.13. The van der Waals surface area contributed by atoms with Gasteiger partial charge in [-0.15, -0.1) is 0 Å². The summed E-state index contributed by atoms with van der Waals surface area (Å²) in [6.07, 6.45) is 3.24. The predicted molar refractivity (Wildman–Crippen MR) is 91.4 cm³/mol. The molecule has 0 unspecified atom stereocenters. The molecule has 0 spiro atoms. The van der Waals surface area contributed by atoms with Crippen LogP contribution in [0.25, 0.3) is 0 Å². The van der Waals surface area contributed by atoms with Gasteiger partial charge in [-0.25, -0.2) is 0 Å². The Morgan fingerprint density at radius 3 is 2.35 bits per heavy atom. The van der Waals surface area contributed by atoms with Crippen molar-refractivity contribution in [3.8, 4) is 0 Å². The van der Waals surface area contributed by atoms with Gasteiger partial charge >= 0.3 is 0 Å². The summed E-state index contributed by atoms with van der Waals surface area (Å²) in [5.41, 5.74) is 2.70.